The van der Waals surface area contributed by atoms with Crippen molar-refractivity contribution in [2.45, 2.75) is 6.54 Å². The van der Waals surface area contributed by atoms with Crippen molar-refractivity contribution < 1.29 is 4.39 Å². The second-order valence-electron chi connectivity index (χ2n) is 5.02. The van der Waals surface area contributed by atoms with E-state index >= 15 is 0 Å². The molecule has 0 bridgehead atoms. The number of nitrogens with zero attached hydrogens (tertiary/aromatic N) is 2. The van der Waals surface area contributed by atoms with E-state index in [2.05, 4.69) is 4.98 Å². The zero-order chi connectivity index (χ0) is 14.8. The molecular weight excluding hydrogens is 265 g/mol. The molecule has 0 saturated heterocycles. The molecule has 3 nitrogen and oxygen atoms in total. The summed E-state index contributed by atoms with van der Waals surface area (Å²) in [6.07, 6.45) is 1.74. The number of nitrogen functional groups attached to an aromatic ring is 1. The fourth-order valence-electron chi connectivity index (χ4n) is 2.46. The maximum absolute atomic E-state index is 13.8. The van der Waals surface area contributed by atoms with Crippen molar-refractivity contribution in [2.24, 2.45) is 0 Å². The van der Waals surface area contributed by atoms with Crippen molar-refractivity contribution in [3.63, 3.8) is 0 Å². The van der Waals surface area contributed by atoms with Crippen LogP contribution < -0.4 is 10.6 Å². The number of hydrogen-bond acceptors (Lipinski definition) is 3. The van der Waals surface area contributed by atoms with E-state index in [1.54, 1.807) is 18.3 Å². The van der Waals surface area contributed by atoms with Crippen molar-refractivity contribution in [2.75, 3.05) is 17.7 Å². The van der Waals surface area contributed by atoms with E-state index < -0.39 is 0 Å². The minimum absolute atomic E-state index is 0.203. The van der Waals surface area contributed by atoms with Crippen molar-refractivity contribution in [3.05, 3.63) is 66.1 Å². The Labute approximate surface area is 122 Å². The Morgan fingerprint density at radius 1 is 1.10 bits per heavy atom. The molecule has 0 aliphatic heterocycles. The fourth-order valence-corrected chi connectivity index (χ4v) is 2.46. The van der Waals surface area contributed by atoms with Crippen LogP contribution in [0, 0.1) is 5.82 Å². The number of nitrogens with two attached hydrogens (primary N) is 1. The lowest BCUT2D eigenvalue weighted by Gasteiger charge is -2.22. The third-order valence-electron chi connectivity index (χ3n) is 3.58. The first-order valence-corrected chi connectivity index (χ1v) is 6.74. The summed E-state index contributed by atoms with van der Waals surface area (Å²) >= 11 is 0. The molecule has 3 rings (SSSR count). The zero-order valence-electron chi connectivity index (χ0n) is 11.8. The van der Waals surface area contributed by atoms with Crippen LogP contribution in [0.25, 0.3) is 10.9 Å². The molecule has 3 aromatic rings. The molecule has 0 spiro atoms. The molecule has 1 aromatic heterocycles. The van der Waals surface area contributed by atoms with Gasteiger partial charge in [-0.15, -0.1) is 0 Å². The predicted octanol–water partition coefficient (Wildman–Crippen LogP) is 3.59. The molecule has 0 unspecified atom stereocenters. The molecule has 0 saturated carbocycles. The lowest BCUT2D eigenvalue weighted by Crippen LogP contribution is -2.18. The van der Waals surface area contributed by atoms with Crippen molar-refractivity contribution in [1.82, 2.24) is 4.98 Å². The van der Waals surface area contributed by atoms with Gasteiger partial charge in [0.15, 0.2) is 0 Å². The van der Waals surface area contributed by atoms with E-state index in [0.717, 1.165) is 16.6 Å². The van der Waals surface area contributed by atoms with Crippen LogP contribution in [0.2, 0.25) is 0 Å². The molecular formula is C17H16FN3. The molecule has 0 aliphatic rings. The molecule has 0 atom stereocenters. The quantitative estimate of drug-likeness (QED) is 0.746. The molecule has 0 aliphatic carbocycles. The zero-order valence-corrected chi connectivity index (χ0v) is 11.8. The summed E-state index contributed by atoms with van der Waals surface area (Å²) in [4.78, 5) is 6.23. The van der Waals surface area contributed by atoms with Gasteiger partial charge in [-0.1, -0.05) is 18.2 Å². The predicted molar refractivity (Wildman–Crippen MR) is 84.7 cm³/mol. The molecule has 0 radical (unpaired) electrons. The summed E-state index contributed by atoms with van der Waals surface area (Å²) in [7, 11) is 1.90. The topological polar surface area (TPSA) is 42.2 Å². The van der Waals surface area contributed by atoms with Gasteiger partial charge in [0.2, 0.25) is 0 Å². The van der Waals surface area contributed by atoms with Gasteiger partial charge in [-0.25, -0.2) is 4.39 Å². The summed E-state index contributed by atoms with van der Waals surface area (Å²) in [5, 5.41) is 0.912. The van der Waals surface area contributed by atoms with E-state index in [4.69, 9.17) is 5.73 Å². The number of fused-ring (bicyclic) bond motifs is 1. The molecule has 0 fully saturated rings. The number of anilines is 2. The molecule has 1 heterocycles. The number of benzene rings is 2. The summed E-state index contributed by atoms with van der Waals surface area (Å²) in [6, 6.07) is 14.4. The molecule has 2 aromatic carbocycles. The maximum atomic E-state index is 13.8. The summed E-state index contributed by atoms with van der Waals surface area (Å²) in [6.45, 7) is 0.461. The average molecular weight is 281 g/mol. The second-order valence-corrected chi connectivity index (χ2v) is 5.02. The number of pyridine rings is 1. The van der Waals surface area contributed by atoms with Gasteiger partial charge in [-0.2, -0.15) is 0 Å². The SMILES string of the molecule is CN(Cc1ccccc1F)c1ccc2ncccc2c1N. The Hall–Kier alpha value is -2.62. The number of halogens is 1. The van der Waals surface area contributed by atoms with Crippen LogP contribution >= 0.6 is 0 Å². The largest absolute Gasteiger partial charge is 0.396 e. The first-order valence-electron chi connectivity index (χ1n) is 6.74. The van der Waals surface area contributed by atoms with E-state index in [-0.39, 0.29) is 5.82 Å². The standard InChI is InChI=1S/C17H16FN3/c1-21(11-12-5-2-3-7-14(12)18)16-9-8-15-13(17(16)19)6-4-10-20-15/h2-10H,11,19H2,1H3. The third-order valence-corrected chi connectivity index (χ3v) is 3.58. The molecule has 0 amide bonds. The fraction of sp³-hybridized carbons (Fsp3) is 0.118. The van der Waals surface area contributed by atoms with Crippen LogP contribution in [0.1, 0.15) is 5.56 Å². The third kappa shape index (κ3) is 2.52. The molecule has 2 N–H and O–H groups in total. The van der Waals surface area contributed by atoms with Gasteiger partial charge in [-0.3, -0.25) is 4.98 Å². The van der Waals surface area contributed by atoms with E-state index in [0.29, 0.717) is 17.8 Å². The van der Waals surface area contributed by atoms with Crippen LogP contribution in [0.5, 0.6) is 0 Å². The van der Waals surface area contributed by atoms with Gasteiger partial charge in [-0.05, 0) is 30.3 Å². The average Bonchev–Trinajstić information content (AvgIpc) is 2.50. The summed E-state index contributed by atoms with van der Waals surface area (Å²) in [5.74, 6) is -0.203. The maximum Gasteiger partial charge on any atom is 0.128 e. The number of hydrogen-bond donors (Lipinski definition) is 1. The van der Waals surface area contributed by atoms with Crippen LogP contribution in [0.15, 0.2) is 54.7 Å². The number of aromatic nitrogens is 1. The number of rotatable bonds is 3. The van der Waals surface area contributed by atoms with E-state index in [1.807, 2.05) is 42.3 Å². The minimum Gasteiger partial charge on any atom is -0.396 e. The van der Waals surface area contributed by atoms with E-state index in [1.165, 1.54) is 6.07 Å². The highest BCUT2D eigenvalue weighted by Crippen LogP contribution is 2.30. The van der Waals surface area contributed by atoms with Crippen molar-refractivity contribution in [3.8, 4) is 0 Å². The van der Waals surface area contributed by atoms with Gasteiger partial charge >= 0.3 is 0 Å². The Bertz CT molecular complexity index is 786. The second kappa shape index (κ2) is 5.40. The van der Waals surface area contributed by atoms with Gasteiger partial charge < -0.3 is 10.6 Å². The van der Waals surface area contributed by atoms with Gasteiger partial charge in [0.25, 0.3) is 0 Å². The Balaban J connectivity index is 1.97. The van der Waals surface area contributed by atoms with Crippen LogP contribution in [-0.4, -0.2) is 12.0 Å². The van der Waals surface area contributed by atoms with E-state index in [9.17, 15) is 4.39 Å². The Morgan fingerprint density at radius 3 is 2.71 bits per heavy atom. The molecule has 21 heavy (non-hydrogen) atoms. The van der Waals surface area contributed by atoms with Crippen molar-refractivity contribution in [1.29, 1.82) is 0 Å². The van der Waals surface area contributed by atoms with Crippen molar-refractivity contribution >= 4 is 22.3 Å². The molecule has 4 heteroatoms. The Morgan fingerprint density at radius 2 is 1.90 bits per heavy atom. The summed E-state index contributed by atoms with van der Waals surface area (Å²) in [5.41, 5.74) is 9.28. The highest BCUT2D eigenvalue weighted by Gasteiger charge is 2.11. The first kappa shape index (κ1) is 13.4. The van der Waals surface area contributed by atoms with Gasteiger partial charge in [0.05, 0.1) is 16.9 Å². The lowest BCUT2D eigenvalue weighted by molar-refractivity contribution is 0.608. The van der Waals surface area contributed by atoms with Gasteiger partial charge in [0, 0.05) is 30.7 Å². The monoisotopic (exact) mass is 281 g/mol. The van der Waals surface area contributed by atoms with Gasteiger partial charge in [0.1, 0.15) is 5.82 Å². The highest BCUT2D eigenvalue weighted by molar-refractivity contribution is 5.97. The summed E-state index contributed by atoms with van der Waals surface area (Å²) < 4.78 is 13.8. The highest BCUT2D eigenvalue weighted by atomic mass is 19.1. The minimum atomic E-state index is -0.203. The lowest BCUT2D eigenvalue weighted by atomic mass is 10.1. The first-order chi connectivity index (χ1) is 10.2. The Kier molecular flexibility index (Phi) is 3.44. The van der Waals surface area contributed by atoms with Crippen LogP contribution in [-0.2, 0) is 6.54 Å². The normalized spacial score (nSPS) is 10.8. The molecule has 106 valence electrons. The van der Waals surface area contributed by atoms with Crippen LogP contribution in [0.3, 0.4) is 0 Å². The van der Waals surface area contributed by atoms with Crippen LogP contribution in [0.4, 0.5) is 15.8 Å². The smallest absolute Gasteiger partial charge is 0.128 e.